The smallest absolute Gasteiger partial charge is 0.272 e. The van der Waals surface area contributed by atoms with Crippen LogP contribution >= 0.6 is 0 Å². The lowest BCUT2D eigenvalue weighted by molar-refractivity contribution is 0.0945. The van der Waals surface area contributed by atoms with Crippen molar-refractivity contribution in [2.75, 3.05) is 0 Å². The number of nitrogens with one attached hydrogen (secondary N) is 2. The van der Waals surface area contributed by atoms with Gasteiger partial charge in [0.25, 0.3) is 5.91 Å². The molecule has 2 N–H and O–H groups in total. The lowest BCUT2D eigenvalue weighted by atomic mass is 10.2. The van der Waals surface area contributed by atoms with E-state index in [0.717, 1.165) is 0 Å². The van der Waals surface area contributed by atoms with Gasteiger partial charge in [0.2, 0.25) is 11.7 Å². The average Bonchev–Trinajstić information content (AvgIpc) is 3.07. The maximum atomic E-state index is 14.0. The van der Waals surface area contributed by atoms with Crippen molar-refractivity contribution in [3.63, 3.8) is 0 Å². The van der Waals surface area contributed by atoms with Crippen molar-refractivity contribution in [1.82, 2.24) is 20.3 Å². The third-order valence-electron chi connectivity index (χ3n) is 3.78. The minimum absolute atomic E-state index is 0.0775. The Hall–Kier alpha value is -3.29. The van der Waals surface area contributed by atoms with Gasteiger partial charge in [-0.1, -0.05) is 12.1 Å². The van der Waals surface area contributed by atoms with Crippen molar-refractivity contribution >= 4 is 5.91 Å². The van der Waals surface area contributed by atoms with Gasteiger partial charge in [0, 0.05) is 24.0 Å². The van der Waals surface area contributed by atoms with E-state index in [2.05, 4.69) is 20.3 Å². The Kier molecular flexibility index (Phi) is 4.92. The predicted molar refractivity (Wildman–Crippen MR) is 89.9 cm³/mol. The zero-order chi connectivity index (χ0) is 18.7. The van der Waals surface area contributed by atoms with Crippen LogP contribution < -0.4 is 10.1 Å². The van der Waals surface area contributed by atoms with Crippen LogP contribution in [0.5, 0.6) is 11.6 Å². The lowest BCUT2D eigenvalue weighted by Gasteiger charge is -2.12. The van der Waals surface area contributed by atoms with E-state index in [0.29, 0.717) is 11.3 Å². The topological polar surface area (TPSA) is 79.9 Å². The van der Waals surface area contributed by atoms with Gasteiger partial charge in [0.05, 0.1) is 6.33 Å². The van der Waals surface area contributed by atoms with Crippen LogP contribution in [-0.4, -0.2) is 20.9 Å². The zero-order valence-corrected chi connectivity index (χ0v) is 14.1. The van der Waals surface area contributed by atoms with Crippen molar-refractivity contribution < 1.29 is 18.3 Å². The van der Waals surface area contributed by atoms with Crippen molar-refractivity contribution in [1.29, 1.82) is 0 Å². The van der Waals surface area contributed by atoms with Gasteiger partial charge in [-0.15, -0.1) is 0 Å². The van der Waals surface area contributed by atoms with Gasteiger partial charge in [0.1, 0.15) is 5.69 Å². The SMILES string of the molecule is Cc1ccc(Oc2ncccc2CNC(=O)c2nc[nH]c2C)c(F)c1F. The number of nitrogens with zero attached hydrogens (tertiary/aromatic N) is 2. The third kappa shape index (κ3) is 3.53. The molecule has 134 valence electrons. The number of amides is 1. The van der Waals surface area contributed by atoms with E-state index in [1.54, 1.807) is 19.1 Å². The molecule has 0 unspecified atom stereocenters. The van der Waals surface area contributed by atoms with E-state index in [-0.39, 0.29) is 35.3 Å². The summed E-state index contributed by atoms with van der Waals surface area (Å²) < 4.78 is 33.1. The van der Waals surface area contributed by atoms with Crippen LogP contribution in [0, 0.1) is 25.5 Å². The van der Waals surface area contributed by atoms with Gasteiger partial charge in [-0.05, 0) is 31.5 Å². The normalized spacial score (nSPS) is 10.6. The number of rotatable bonds is 5. The van der Waals surface area contributed by atoms with Crippen LogP contribution in [0.4, 0.5) is 8.78 Å². The molecule has 0 aliphatic rings. The van der Waals surface area contributed by atoms with Gasteiger partial charge in [-0.25, -0.2) is 14.4 Å². The molecule has 0 spiro atoms. The van der Waals surface area contributed by atoms with E-state index in [1.165, 1.54) is 31.6 Å². The molecule has 0 fully saturated rings. The Morgan fingerprint density at radius 1 is 1.19 bits per heavy atom. The average molecular weight is 358 g/mol. The van der Waals surface area contributed by atoms with Crippen LogP contribution in [-0.2, 0) is 6.54 Å². The van der Waals surface area contributed by atoms with Crippen molar-refractivity contribution in [2.45, 2.75) is 20.4 Å². The fourth-order valence-electron chi connectivity index (χ4n) is 2.31. The zero-order valence-electron chi connectivity index (χ0n) is 14.1. The molecule has 26 heavy (non-hydrogen) atoms. The molecule has 0 atom stereocenters. The first-order chi connectivity index (χ1) is 12.5. The van der Waals surface area contributed by atoms with Crippen LogP contribution in [0.1, 0.15) is 27.3 Å². The summed E-state index contributed by atoms with van der Waals surface area (Å²) in [4.78, 5) is 22.9. The highest BCUT2D eigenvalue weighted by Gasteiger charge is 2.16. The minimum atomic E-state index is -1.09. The van der Waals surface area contributed by atoms with E-state index >= 15 is 0 Å². The first-order valence-electron chi connectivity index (χ1n) is 7.82. The number of hydrogen-bond donors (Lipinski definition) is 2. The fourth-order valence-corrected chi connectivity index (χ4v) is 2.31. The molecule has 0 saturated heterocycles. The summed E-state index contributed by atoms with van der Waals surface area (Å²) in [5, 5.41) is 2.69. The molecule has 3 rings (SSSR count). The maximum absolute atomic E-state index is 14.0. The van der Waals surface area contributed by atoms with Crippen molar-refractivity contribution in [3.05, 3.63) is 70.9 Å². The first-order valence-corrected chi connectivity index (χ1v) is 7.82. The maximum Gasteiger partial charge on any atom is 0.272 e. The molecule has 6 nitrogen and oxygen atoms in total. The number of hydrogen-bond acceptors (Lipinski definition) is 4. The van der Waals surface area contributed by atoms with Crippen LogP contribution in [0.3, 0.4) is 0 Å². The number of ether oxygens (including phenoxy) is 1. The molecular weight excluding hydrogens is 342 g/mol. The summed E-state index contributed by atoms with van der Waals surface area (Å²) in [5.74, 6) is -2.62. The molecule has 0 aliphatic carbocycles. The van der Waals surface area contributed by atoms with E-state index in [4.69, 9.17) is 4.74 Å². The molecule has 0 radical (unpaired) electrons. The summed E-state index contributed by atoms with van der Waals surface area (Å²) in [7, 11) is 0. The Balaban J connectivity index is 1.78. The molecule has 0 aliphatic heterocycles. The minimum Gasteiger partial charge on any atom is -0.435 e. The molecule has 8 heteroatoms. The largest absolute Gasteiger partial charge is 0.435 e. The molecular formula is C18H16F2N4O2. The number of benzene rings is 1. The van der Waals surface area contributed by atoms with Crippen molar-refractivity contribution in [2.24, 2.45) is 0 Å². The highest BCUT2D eigenvalue weighted by Crippen LogP contribution is 2.28. The van der Waals surface area contributed by atoms with Crippen LogP contribution in [0.25, 0.3) is 0 Å². The molecule has 0 saturated carbocycles. The molecule has 2 aromatic heterocycles. The molecule has 3 aromatic rings. The second-order valence-corrected chi connectivity index (χ2v) is 5.64. The highest BCUT2D eigenvalue weighted by molar-refractivity contribution is 5.93. The summed E-state index contributed by atoms with van der Waals surface area (Å²) >= 11 is 0. The van der Waals surface area contributed by atoms with Gasteiger partial charge in [-0.3, -0.25) is 4.79 Å². The summed E-state index contributed by atoms with van der Waals surface area (Å²) in [5.41, 5.74) is 1.61. The molecule has 0 bridgehead atoms. The fraction of sp³-hybridized carbons (Fsp3) is 0.167. The number of aromatic nitrogens is 3. The number of aryl methyl sites for hydroxylation is 2. The molecule has 1 amide bonds. The molecule has 1 aromatic carbocycles. The number of H-pyrrole nitrogens is 1. The quantitative estimate of drug-likeness (QED) is 0.732. The number of carbonyl (C=O) groups excluding carboxylic acids is 1. The predicted octanol–water partition coefficient (Wildman–Crippen LogP) is 3.42. The second kappa shape index (κ2) is 7.30. The third-order valence-corrected chi connectivity index (χ3v) is 3.78. The van der Waals surface area contributed by atoms with Gasteiger partial charge in [0.15, 0.2) is 11.6 Å². The van der Waals surface area contributed by atoms with Crippen LogP contribution in [0.2, 0.25) is 0 Å². The number of imidazole rings is 1. The standard InChI is InChI=1S/C18H16F2N4O2/c1-10-5-6-13(15(20)14(10)19)26-18-12(4-3-7-21-18)8-22-17(25)16-11(2)23-9-24-16/h3-7,9H,8H2,1-2H3,(H,22,25)(H,23,24). The van der Waals surface area contributed by atoms with E-state index < -0.39 is 11.6 Å². The van der Waals surface area contributed by atoms with Crippen LogP contribution in [0.15, 0.2) is 36.8 Å². The number of pyridine rings is 1. The van der Waals surface area contributed by atoms with E-state index in [1.807, 2.05) is 0 Å². The Labute approximate surface area is 148 Å². The van der Waals surface area contributed by atoms with Crippen molar-refractivity contribution in [3.8, 4) is 11.6 Å². The number of aromatic amines is 1. The van der Waals surface area contributed by atoms with Gasteiger partial charge in [-0.2, -0.15) is 4.39 Å². The van der Waals surface area contributed by atoms with Gasteiger partial charge >= 0.3 is 0 Å². The molecule has 2 heterocycles. The lowest BCUT2D eigenvalue weighted by Crippen LogP contribution is -2.24. The summed E-state index contributed by atoms with van der Waals surface area (Å²) in [6.45, 7) is 3.28. The first kappa shape index (κ1) is 17.5. The Morgan fingerprint density at radius 3 is 2.73 bits per heavy atom. The number of halogens is 2. The van der Waals surface area contributed by atoms with E-state index in [9.17, 15) is 13.6 Å². The van der Waals surface area contributed by atoms with Gasteiger partial charge < -0.3 is 15.0 Å². The number of carbonyl (C=O) groups is 1. The Morgan fingerprint density at radius 2 is 2.00 bits per heavy atom. The monoisotopic (exact) mass is 358 g/mol. The second-order valence-electron chi connectivity index (χ2n) is 5.64. The summed E-state index contributed by atoms with van der Waals surface area (Å²) in [6, 6.07) is 6.07. The summed E-state index contributed by atoms with van der Waals surface area (Å²) in [6.07, 6.45) is 2.89. The Bertz CT molecular complexity index is 956. The highest BCUT2D eigenvalue weighted by atomic mass is 19.2.